The van der Waals surface area contributed by atoms with Crippen molar-refractivity contribution in [2.24, 2.45) is 0 Å². The van der Waals surface area contributed by atoms with Crippen LogP contribution in [0.2, 0.25) is 0 Å². The van der Waals surface area contributed by atoms with Crippen LogP contribution in [-0.4, -0.2) is 0 Å². The van der Waals surface area contributed by atoms with Crippen molar-refractivity contribution in [3.05, 3.63) is 34.9 Å². The second-order valence-corrected chi connectivity index (χ2v) is 4.14. The Morgan fingerprint density at radius 1 is 1.21 bits per heavy atom. The van der Waals surface area contributed by atoms with E-state index in [1.54, 1.807) is 0 Å². The standard InChI is InChI=1S/C14H22/c1-4-5-6-7-8-14-11-12(2)9-10-13(14)3/h9-11H,4-8H2,1-3H3/i10D. The molecule has 0 spiro atoms. The zero-order valence-electron chi connectivity index (χ0n) is 10.7. The van der Waals surface area contributed by atoms with Gasteiger partial charge in [-0.15, -0.1) is 0 Å². The van der Waals surface area contributed by atoms with Gasteiger partial charge in [-0.25, -0.2) is 0 Å². The van der Waals surface area contributed by atoms with E-state index < -0.39 is 0 Å². The molecule has 0 saturated heterocycles. The van der Waals surface area contributed by atoms with Crippen LogP contribution < -0.4 is 0 Å². The van der Waals surface area contributed by atoms with E-state index in [4.69, 9.17) is 1.37 Å². The molecule has 1 rings (SSSR count). The van der Waals surface area contributed by atoms with E-state index in [9.17, 15) is 0 Å². The van der Waals surface area contributed by atoms with E-state index in [2.05, 4.69) is 26.8 Å². The predicted octanol–water partition coefficient (Wildman–Crippen LogP) is 4.43. The molecule has 14 heavy (non-hydrogen) atoms. The Balaban J connectivity index is 2.60. The van der Waals surface area contributed by atoms with Crippen LogP contribution in [0.25, 0.3) is 0 Å². The van der Waals surface area contributed by atoms with Gasteiger partial charge in [0.1, 0.15) is 0 Å². The number of aryl methyl sites for hydroxylation is 2. The summed E-state index contributed by atoms with van der Waals surface area (Å²) in [6, 6.07) is 4.88. The lowest BCUT2D eigenvalue weighted by atomic mass is 10.00. The molecule has 0 nitrogen and oxygen atoms in total. The Labute approximate surface area is 89.8 Å². The summed E-state index contributed by atoms with van der Waals surface area (Å²) in [7, 11) is 0. The van der Waals surface area contributed by atoms with Crippen LogP contribution >= 0.6 is 0 Å². The number of hydrogen-bond acceptors (Lipinski definition) is 0. The first-order valence-corrected chi connectivity index (χ1v) is 5.72. The van der Waals surface area contributed by atoms with Gasteiger partial charge in [0.05, 0.1) is 1.37 Å². The molecule has 0 aliphatic rings. The van der Waals surface area contributed by atoms with E-state index >= 15 is 0 Å². The minimum atomic E-state index is 0.695. The van der Waals surface area contributed by atoms with Crippen LogP contribution in [0.15, 0.2) is 18.2 Å². The molecule has 0 aromatic heterocycles. The van der Waals surface area contributed by atoms with Crippen molar-refractivity contribution in [3.8, 4) is 0 Å². The molecular weight excluding hydrogens is 168 g/mol. The van der Waals surface area contributed by atoms with Crippen LogP contribution in [0.4, 0.5) is 0 Å². The van der Waals surface area contributed by atoms with Gasteiger partial charge >= 0.3 is 0 Å². The van der Waals surface area contributed by atoms with Crippen LogP contribution in [0.3, 0.4) is 0 Å². The first kappa shape index (κ1) is 9.76. The largest absolute Gasteiger partial charge is 0.0654 e. The summed E-state index contributed by atoms with van der Waals surface area (Å²) in [5, 5.41) is 0. The van der Waals surface area contributed by atoms with Crippen molar-refractivity contribution < 1.29 is 1.37 Å². The van der Waals surface area contributed by atoms with Gasteiger partial charge in [-0.2, -0.15) is 0 Å². The highest BCUT2D eigenvalue weighted by Crippen LogP contribution is 2.14. The van der Waals surface area contributed by atoms with Crippen molar-refractivity contribution >= 4 is 0 Å². The summed E-state index contributed by atoms with van der Waals surface area (Å²) < 4.78 is 7.82. The molecule has 0 aliphatic carbocycles. The van der Waals surface area contributed by atoms with Gasteiger partial charge in [0, 0.05) is 0 Å². The molecule has 0 heterocycles. The second kappa shape index (κ2) is 5.85. The summed E-state index contributed by atoms with van der Waals surface area (Å²) in [5.74, 6) is 0. The van der Waals surface area contributed by atoms with Gasteiger partial charge in [0.15, 0.2) is 0 Å². The molecule has 0 fully saturated rings. The highest BCUT2D eigenvalue weighted by molar-refractivity contribution is 5.30. The van der Waals surface area contributed by atoms with Gasteiger partial charge in [-0.3, -0.25) is 0 Å². The summed E-state index contributed by atoms with van der Waals surface area (Å²) in [6.07, 6.45) is 6.34. The predicted molar refractivity (Wildman–Crippen MR) is 63.8 cm³/mol. The van der Waals surface area contributed by atoms with Crippen molar-refractivity contribution in [1.29, 1.82) is 0 Å². The van der Waals surface area contributed by atoms with Crippen LogP contribution in [-0.2, 0) is 6.42 Å². The van der Waals surface area contributed by atoms with E-state index in [-0.39, 0.29) is 0 Å². The Morgan fingerprint density at radius 2 is 2.00 bits per heavy atom. The van der Waals surface area contributed by atoms with Crippen molar-refractivity contribution in [1.82, 2.24) is 0 Å². The maximum atomic E-state index is 7.82. The second-order valence-electron chi connectivity index (χ2n) is 4.14. The third-order valence-corrected chi connectivity index (χ3v) is 2.70. The zero-order chi connectivity index (χ0) is 11.3. The lowest BCUT2D eigenvalue weighted by molar-refractivity contribution is 0.665. The smallest absolute Gasteiger partial charge is 0.0626 e. The monoisotopic (exact) mass is 191 g/mol. The molecule has 0 amide bonds. The molecule has 0 aliphatic heterocycles. The minimum absolute atomic E-state index is 0.695. The molecule has 0 unspecified atom stereocenters. The first-order chi connectivity index (χ1) is 7.15. The quantitative estimate of drug-likeness (QED) is 0.604. The van der Waals surface area contributed by atoms with Crippen molar-refractivity contribution in [2.75, 3.05) is 0 Å². The van der Waals surface area contributed by atoms with E-state index in [1.165, 1.54) is 36.8 Å². The molecule has 0 heteroatoms. The fourth-order valence-corrected chi connectivity index (χ4v) is 1.74. The molecule has 0 bridgehead atoms. The Morgan fingerprint density at radius 3 is 2.71 bits per heavy atom. The van der Waals surface area contributed by atoms with Gasteiger partial charge in [0.2, 0.25) is 0 Å². The van der Waals surface area contributed by atoms with Crippen molar-refractivity contribution in [3.63, 3.8) is 0 Å². The van der Waals surface area contributed by atoms with Gasteiger partial charge in [-0.1, -0.05) is 49.9 Å². The molecule has 1 aromatic rings. The normalized spacial score (nSPS) is 11.5. The molecule has 0 N–H and O–H groups in total. The van der Waals surface area contributed by atoms with Crippen LogP contribution in [0.1, 0.15) is 50.7 Å². The molecule has 0 atom stereocenters. The number of unbranched alkanes of at least 4 members (excludes halogenated alkanes) is 3. The summed E-state index contributed by atoms with van der Waals surface area (Å²) in [5.41, 5.74) is 3.75. The fourth-order valence-electron chi connectivity index (χ4n) is 1.74. The van der Waals surface area contributed by atoms with E-state index in [0.717, 1.165) is 12.0 Å². The van der Waals surface area contributed by atoms with Crippen LogP contribution in [0.5, 0.6) is 0 Å². The highest BCUT2D eigenvalue weighted by atomic mass is 14.0. The first-order valence-electron chi connectivity index (χ1n) is 6.22. The highest BCUT2D eigenvalue weighted by Gasteiger charge is 1.98. The Kier molecular flexibility index (Phi) is 4.08. The van der Waals surface area contributed by atoms with E-state index in [1.807, 2.05) is 6.07 Å². The average Bonchev–Trinajstić information content (AvgIpc) is 2.19. The van der Waals surface area contributed by atoms with Gasteiger partial charge in [-0.05, 0) is 37.8 Å². The SMILES string of the molecule is [2H]c1cc(C)cc(CCCCCC)c1C. The maximum Gasteiger partial charge on any atom is 0.0626 e. The minimum Gasteiger partial charge on any atom is -0.0654 e. The van der Waals surface area contributed by atoms with Gasteiger partial charge < -0.3 is 0 Å². The fraction of sp³-hybridized carbons (Fsp3) is 0.571. The lowest BCUT2D eigenvalue weighted by Crippen LogP contribution is -1.91. The number of benzene rings is 1. The van der Waals surface area contributed by atoms with Crippen LogP contribution in [0, 0.1) is 13.8 Å². The van der Waals surface area contributed by atoms with E-state index in [0.29, 0.717) is 6.04 Å². The van der Waals surface area contributed by atoms with Gasteiger partial charge in [0.25, 0.3) is 0 Å². The summed E-state index contributed by atoms with van der Waals surface area (Å²) in [6.45, 7) is 6.38. The molecule has 0 radical (unpaired) electrons. The molecule has 78 valence electrons. The number of rotatable bonds is 5. The molecular formula is C14H22. The third-order valence-electron chi connectivity index (χ3n) is 2.70. The third kappa shape index (κ3) is 3.53. The molecule has 0 saturated carbocycles. The lowest BCUT2D eigenvalue weighted by Gasteiger charge is -2.06. The number of hydrogen-bond donors (Lipinski definition) is 0. The Hall–Kier alpha value is -0.780. The molecule has 1 aromatic carbocycles. The topological polar surface area (TPSA) is 0 Å². The zero-order valence-corrected chi connectivity index (χ0v) is 9.69. The average molecular weight is 191 g/mol. The maximum absolute atomic E-state index is 7.82. The Bertz CT molecular complexity index is 315. The summed E-state index contributed by atoms with van der Waals surface area (Å²) >= 11 is 0. The van der Waals surface area contributed by atoms with Crippen molar-refractivity contribution in [2.45, 2.75) is 52.9 Å². The summed E-state index contributed by atoms with van der Waals surface area (Å²) in [4.78, 5) is 0.